The molecule has 0 aromatic carbocycles. The molecule has 0 saturated heterocycles. The van der Waals surface area contributed by atoms with Crippen molar-refractivity contribution in [2.45, 2.75) is 213 Å². The monoisotopic (exact) mass is 553 g/mol. The summed E-state index contributed by atoms with van der Waals surface area (Å²) in [6.45, 7) is 6.63. The first-order valence-corrected chi connectivity index (χ1v) is 17.5. The largest absolute Gasteiger partial charge is 0.425 e. The van der Waals surface area contributed by atoms with Gasteiger partial charge in [0.1, 0.15) is 0 Å². The molecule has 0 saturated carbocycles. The van der Waals surface area contributed by atoms with Crippen molar-refractivity contribution < 1.29 is 19.1 Å². The van der Waals surface area contributed by atoms with Crippen molar-refractivity contribution >= 4 is 11.9 Å². The predicted octanol–water partition coefficient (Wildman–Crippen LogP) is 11.8. The summed E-state index contributed by atoms with van der Waals surface area (Å²) in [5.74, 6) is -0.442. The van der Waals surface area contributed by atoms with Crippen LogP contribution in [0.15, 0.2) is 0 Å². The lowest BCUT2D eigenvalue weighted by molar-refractivity contribution is -0.189. The Bertz CT molecular complexity index is 477. The second-order valence-electron chi connectivity index (χ2n) is 11.8. The number of rotatable bonds is 31. The molecule has 4 heteroatoms. The number of ether oxygens (including phenoxy) is 2. The number of esters is 2. The van der Waals surface area contributed by atoms with E-state index in [1.165, 1.54) is 128 Å². The Morgan fingerprint density at radius 2 is 0.641 bits per heavy atom. The minimum absolute atomic E-state index is 0.221. The molecule has 4 nitrogen and oxygen atoms in total. The summed E-state index contributed by atoms with van der Waals surface area (Å²) in [6.07, 6.45) is 33.2. The molecule has 0 fully saturated rings. The van der Waals surface area contributed by atoms with Gasteiger partial charge in [-0.1, -0.05) is 168 Å². The van der Waals surface area contributed by atoms with Crippen molar-refractivity contribution in [3.8, 4) is 0 Å². The van der Waals surface area contributed by atoms with Crippen molar-refractivity contribution in [1.29, 1.82) is 0 Å². The van der Waals surface area contributed by atoms with Gasteiger partial charge in [-0.05, 0) is 19.3 Å². The quantitative estimate of drug-likeness (QED) is 0.0487. The van der Waals surface area contributed by atoms with Crippen LogP contribution in [0.3, 0.4) is 0 Å². The molecular formula is C35H68O4. The van der Waals surface area contributed by atoms with Crippen molar-refractivity contribution in [1.82, 2.24) is 0 Å². The zero-order valence-electron chi connectivity index (χ0n) is 26.7. The molecule has 232 valence electrons. The number of hydrogen-bond donors (Lipinski definition) is 0. The van der Waals surface area contributed by atoms with E-state index in [1.54, 1.807) is 0 Å². The van der Waals surface area contributed by atoms with Gasteiger partial charge >= 0.3 is 11.9 Å². The lowest BCUT2D eigenvalue weighted by atomic mass is 10.0. The molecule has 0 aromatic heterocycles. The third-order valence-corrected chi connectivity index (χ3v) is 7.79. The van der Waals surface area contributed by atoms with E-state index in [0.717, 1.165) is 38.5 Å². The van der Waals surface area contributed by atoms with Crippen LogP contribution in [0.2, 0.25) is 0 Å². The van der Waals surface area contributed by atoms with Gasteiger partial charge in [0.25, 0.3) is 0 Å². The third kappa shape index (κ3) is 29.7. The van der Waals surface area contributed by atoms with E-state index in [9.17, 15) is 9.59 Å². The van der Waals surface area contributed by atoms with Crippen molar-refractivity contribution in [2.24, 2.45) is 0 Å². The molecule has 0 aliphatic carbocycles. The van der Waals surface area contributed by atoms with Crippen LogP contribution in [-0.4, -0.2) is 18.2 Å². The molecule has 0 aliphatic heterocycles. The SMILES string of the molecule is CCCCCCCCCCCCCCC(=O)OC(CCCC)OC(=O)CCCCCCCCCCCCCC. The van der Waals surface area contributed by atoms with E-state index < -0.39 is 6.29 Å². The topological polar surface area (TPSA) is 52.6 Å². The summed E-state index contributed by atoms with van der Waals surface area (Å²) in [5, 5.41) is 0. The lowest BCUT2D eigenvalue weighted by Crippen LogP contribution is -2.24. The molecule has 0 aromatic rings. The van der Waals surface area contributed by atoms with E-state index in [1.807, 2.05) is 0 Å². The number of hydrogen-bond acceptors (Lipinski definition) is 4. The van der Waals surface area contributed by atoms with Crippen molar-refractivity contribution in [3.63, 3.8) is 0 Å². The molecule has 0 amide bonds. The molecule has 0 unspecified atom stereocenters. The normalized spacial score (nSPS) is 11.3. The average molecular weight is 553 g/mol. The molecule has 39 heavy (non-hydrogen) atoms. The van der Waals surface area contributed by atoms with Crippen LogP contribution in [0.5, 0.6) is 0 Å². The van der Waals surface area contributed by atoms with Crippen LogP contribution in [0.1, 0.15) is 207 Å². The van der Waals surface area contributed by atoms with Crippen LogP contribution in [0, 0.1) is 0 Å². The first-order valence-electron chi connectivity index (χ1n) is 17.5. The van der Waals surface area contributed by atoms with E-state index >= 15 is 0 Å². The lowest BCUT2D eigenvalue weighted by Gasteiger charge is -2.18. The van der Waals surface area contributed by atoms with E-state index in [4.69, 9.17) is 9.47 Å². The van der Waals surface area contributed by atoms with Crippen LogP contribution in [0.25, 0.3) is 0 Å². The fraction of sp³-hybridized carbons (Fsp3) is 0.943. The molecule has 0 radical (unpaired) electrons. The Morgan fingerprint density at radius 1 is 0.385 bits per heavy atom. The average Bonchev–Trinajstić information content (AvgIpc) is 2.93. The maximum atomic E-state index is 12.3. The Balaban J connectivity index is 3.78. The molecule has 0 heterocycles. The van der Waals surface area contributed by atoms with Gasteiger partial charge in [-0.3, -0.25) is 9.59 Å². The van der Waals surface area contributed by atoms with Crippen molar-refractivity contribution in [3.05, 3.63) is 0 Å². The van der Waals surface area contributed by atoms with Gasteiger partial charge < -0.3 is 9.47 Å². The molecule has 0 spiro atoms. The maximum Gasteiger partial charge on any atom is 0.308 e. The van der Waals surface area contributed by atoms with Crippen LogP contribution >= 0.6 is 0 Å². The number of unbranched alkanes of at least 4 members (excludes halogenated alkanes) is 23. The highest BCUT2D eigenvalue weighted by Gasteiger charge is 2.18. The Labute approximate surface area is 244 Å². The highest BCUT2D eigenvalue weighted by Crippen LogP contribution is 2.16. The van der Waals surface area contributed by atoms with E-state index in [-0.39, 0.29) is 11.9 Å². The number of carbonyl (C=O) groups is 2. The van der Waals surface area contributed by atoms with Crippen molar-refractivity contribution in [2.75, 3.05) is 0 Å². The smallest absolute Gasteiger partial charge is 0.308 e. The van der Waals surface area contributed by atoms with Crippen LogP contribution in [-0.2, 0) is 19.1 Å². The summed E-state index contributed by atoms with van der Waals surface area (Å²) < 4.78 is 11.1. The predicted molar refractivity (Wildman–Crippen MR) is 167 cm³/mol. The first kappa shape index (κ1) is 37.9. The first-order chi connectivity index (χ1) is 19.1. The summed E-state index contributed by atoms with van der Waals surface area (Å²) in [5.41, 5.74) is 0. The number of carbonyl (C=O) groups excluding carboxylic acids is 2. The van der Waals surface area contributed by atoms with Gasteiger partial charge in [-0.15, -0.1) is 0 Å². The molecular weight excluding hydrogens is 484 g/mol. The van der Waals surface area contributed by atoms with Crippen LogP contribution < -0.4 is 0 Å². The molecule has 0 bridgehead atoms. The molecule has 0 rings (SSSR count). The fourth-order valence-electron chi connectivity index (χ4n) is 5.14. The van der Waals surface area contributed by atoms with E-state index in [0.29, 0.717) is 19.3 Å². The zero-order chi connectivity index (χ0) is 28.7. The molecule has 0 atom stereocenters. The Morgan fingerprint density at radius 3 is 0.923 bits per heavy atom. The Kier molecular flexibility index (Phi) is 30.6. The minimum Gasteiger partial charge on any atom is -0.425 e. The van der Waals surface area contributed by atoms with Gasteiger partial charge in [0.05, 0.1) is 0 Å². The minimum atomic E-state index is -0.709. The Hall–Kier alpha value is -1.06. The fourth-order valence-corrected chi connectivity index (χ4v) is 5.14. The zero-order valence-corrected chi connectivity index (χ0v) is 26.7. The standard InChI is InChI=1S/C35H68O4/c1-4-7-10-12-14-16-18-20-22-24-26-28-30-33(36)38-35(32-9-6-3)39-34(37)31-29-27-25-23-21-19-17-15-13-11-8-5-2/h35H,4-32H2,1-3H3. The van der Waals surface area contributed by atoms with Gasteiger partial charge in [-0.25, -0.2) is 0 Å². The highest BCUT2D eigenvalue weighted by molar-refractivity contribution is 5.71. The second-order valence-corrected chi connectivity index (χ2v) is 11.8. The summed E-state index contributed by atoms with van der Waals surface area (Å²) in [7, 11) is 0. The second kappa shape index (κ2) is 31.5. The van der Waals surface area contributed by atoms with Crippen LogP contribution in [0.4, 0.5) is 0 Å². The summed E-state index contributed by atoms with van der Waals surface area (Å²) in [4.78, 5) is 24.7. The molecule has 0 N–H and O–H groups in total. The highest BCUT2D eigenvalue weighted by atomic mass is 16.7. The van der Waals surface area contributed by atoms with E-state index in [2.05, 4.69) is 20.8 Å². The molecule has 0 aliphatic rings. The summed E-state index contributed by atoms with van der Waals surface area (Å²) >= 11 is 0. The van der Waals surface area contributed by atoms with Gasteiger partial charge in [0.15, 0.2) is 0 Å². The van der Waals surface area contributed by atoms with Gasteiger partial charge in [0.2, 0.25) is 6.29 Å². The maximum absolute atomic E-state index is 12.3. The third-order valence-electron chi connectivity index (χ3n) is 7.79. The van der Waals surface area contributed by atoms with Gasteiger partial charge in [-0.2, -0.15) is 0 Å². The van der Waals surface area contributed by atoms with Gasteiger partial charge in [0, 0.05) is 19.3 Å². The summed E-state index contributed by atoms with van der Waals surface area (Å²) in [6, 6.07) is 0.